The van der Waals surface area contributed by atoms with Crippen LogP contribution in [0.2, 0.25) is 0 Å². The molecule has 2 rings (SSSR count). The van der Waals surface area contributed by atoms with Gasteiger partial charge in [0.25, 0.3) is 6.20 Å². The standard InChI is InChI=1S/C11H16N3O3/c1-3-9-6-11(14(15)16)10(7-13(9)17-2)12-8-4-5-8/h6-8,12H,3-5H2,1-2H3/q+1. The maximum absolute atomic E-state index is 11.0. The number of hydrogen-bond acceptors (Lipinski definition) is 4. The van der Waals surface area contributed by atoms with Gasteiger partial charge in [0, 0.05) is 17.2 Å². The zero-order valence-electron chi connectivity index (χ0n) is 9.97. The second-order valence-electron chi connectivity index (χ2n) is 4.10. The minimum absolute atomic E-state index is 0.113. The summed E-state index contributed by atoms with van der Waals surface area (Å²) in [5.41, 5.74) is 1.42. The first-order valence-electron chi connectivity index (χ1n) is 5.69. The van der Waals surface area contributed by atoms with Crippen molar-refractivity contribution in [2.24, 2.45) is 0 Å². The molecule has 1 saturated carbocycles. The molecule has 17 heavy (non-hydrogen) atoms. The number of pyridine rings is 1. The van der Waals surface area contributed by atoms with Crippen LogP contribution in [0.1, 0.15) is 25.5 Å². The van der Waals surface area contributed by atoms with Crippen LogP contribution in [0.4, 0.5) is 11.4 Å². The molecule has 0 amide bonds. The van der Waals surface area contributed by atoms with Gasteiger partial charge in [0.05, 0.1) is 11.0 Å². The van der Waals surface area contributed by atoms with Gasteiger partial charge in [-0.1, -0.05) is 6.92 Å². The largest absolute Gasteiger partial charge is 0.372 e. The maximum atomic E-state index is 11.0. The van der Waals surface area contributed by atoms with E-state index < -0.39 is 0 Å². The van der Waals surface area contributed by atoms with E-state index in [4.69, 9.17) is 4.84 Å². The monoisotopic (exact) mass is 238 g/mol. The molecule has 92 valence electrons. The Morgan fingerprint density at radius 2 is 2.35 bits per heavy atom. The highest BCUT2D eigenvalue weighted by Crippen LogP contribution is 2.30. The van der Waals surface area contributed by atoms with Crippen LogP contribution in [0, 0.1) is 10.1 Å². The lowest BCUT2D eigenvalue weighted by atomic mass is 10.2. The molecule has 0 spiro atoms. The molecular formula is C11H16N3O3+. The molecule has 0 saturated heterocycles. The molecule has 1 aliphatic rings. The van der Waals surface area contributed by atoms with E-state index in [9.17, 15) is 10.1 Å². The number of nitrogens with zero attached hydrogens (tertiary/aromatic N) is 2. The van der Waals surface area contributed by atoms with Crippen LogP contribution < -0.4 is 14.9 Å². The van der Waals surface area contributed by atoms with E-state index in [0.29, 0.717) is 18.2 Å². The summed E-state index contributed by atoms with van der Waals surface area (Å²) < 4.78 is 1.57. The lowest BCUT2D eigenvalue weighted by Gasteiger charge is -2.05. The Morgan fingerprint density at radius 1 is 1.65 bits per heavy atom. The number of aromatic nitrogens is 1. The number of hydrogen-bond donors (Lipinski definition) is 1. The minimum atomic E-state index is -0.357. The van der Waals surface area contributed by atoms with E-state index in [1.807, 2.05) is 6.92 Å². The molecule has 0 aliphatic heterocycles. The molecule has 0 unspecified atom stereocenters. The van der Waals surface area contributed by atoms with Gasteiger partial charge in [-0.25, -0.2) is 0 Å². The van der Waals surface area contributed by atoms with Crippen molar-refractivity contribution >= 4 is 11.4 Å². The Balaban J connectivity index is 2.41. The highest BCUT2D eigenvalue weighted by Gasteiger charge is 2.29. The van der Waals surface area contributed by atoms with Gasteiger partial charge in [0.15, 0.2) is 5.69 Å². The van der Waals surface area contributed by atoms with Crippen LogP contribution in [0.5, 0.6) is 0 Å². The normalized spacial score (nSPS) is 14.5. The van der Waals surface area contributed by atoms with E-state index in [0.717, 1.165) is 18.5 Å². The average Bonchev–Trinajstić information content (AvgIpc) is 3.12. The Labute approximate surface area is 99.3 Å². The van der Waals surface area contributed by atoms with Gasteiger partial charge in [0.2, 0.25) is 5.69 Å². The molecule has 1 N–H and O–H groups in total. The second-order valence-corrected chi connectivity index (χ2v) is 4.10. The summed E-state index contributed by atoms with van der Waals surface area (Å²) in [6.45, 7) is 1.93. The van der Waals surface area contributed by atoms with Crippen molar-refractivity contribution in [3.63, 3.8) is 0 Å². The third-order valence-electron chi connectivity index (χ3n) is 2.80. The average molecular weight is 238 g/mol. The molecule has 0 atom stereocenters. The molecule has 1 aliphatic carbocycles. The Morgan fingerprint density at radius 3 is 2.82 bits per heavy atom. The maximum Gasteiger partial charge on any atom is 0.305 e. The van der Waals surface area contributed by atoms with Crippen molar-refractivity contribution in [1.82, 2.24) is 0 Å². The third-order valence-corrected chi connectivity index (χ3v) is 2.80. The van der Waals surface area contributed by atoms with Gasteiger partial charge in [-0.05, 0) is 12.8 Å². The Hall–Kier alpha value is -1.85. The van der Waals surface area contributed by atoms with Crippen molar-refractivity contribution in [3.05, 3.63) is 28.1 Å². The molecule has 0 radical (unpaired) electrons. The number of nitrogens with one attached hydrogen (secondary N) is 1. The van der Waals surface area contributed by atoms with Crippen LogP contribution in [0.25, 0.3) is 0 Å². The summed E-state index contributed by atoms with van der Waals surface area (Å²) in [5.74, 6) is 0. The molecule has 1 heterocycles. The zero-order chi connectivity index (χ0) is 12.4. The minimum Gasteiger partial charge on any atom is -0.372 e. The number of rotatable bonds is 5. The van der Waals surface area contributed by atoms with Gasteiger partial charge >= 0.3 is 5.69 Å². The van der Waals surface area contributed by atoms with E-state index >= 15 is 0 Å². The SMILES string of the molecule is CCc1cc([N+](=O)[O-])c(NC2CC2)c[n+]1OC. The summed E-state index contributed by atoms with van der Waals surface area (Å²) in [7, 11) is 1.55. The topological polar surface area (TPSA) is 68.3 Å². The van der Waals surface area contributed by atoms with Crippen molar-refractivity contribution in [1.29, 1.82) is 0 Å². The molecule has 6 nitrogen and oxygen atoms in total. The summed E-state index contributed by atoms with van der Waals surface area (Å²) in [6, 6.07) is 1.93. The predicted octanol–water partition coefficient (Wildman–Crippen LogP) is 1.08. The molecule has 6 heteroatoms. The van der Waals surface area contributed by atoms with E-state index in [1.54, 1.807) is 24.1 Å². The third kappa shape index (κ3) is 2.46. The molecule has 0 aromatic carbocycles. The van der Waals surface area contributed by atoms with Crippen LogP contribution in [0.3, 0.4) is 0 Å². The van der Waals surface area contributed by atoms with Gasteiger partial charge in [-0.15, -0.1) is 0 Å². The van der Waals surface area contributed by atoms with Crippen molar-refractivity contribution in [3.8, 4) is 0 Å². The van der Waals surface area contributed by atoms with Gasteiger partial charge in [-0.3, -0.25) is 15.0 Å². The van der Waals surface area contributed by atoms with Crippen molar-refractivity contribution in [2.75, 3.05) is 12.4 Å². The van der Waals surface area contributed by atoms with Gasteiger partial charge < -0.3 is 5.32 Å². The lowest BCUT2D eigenvalue weighted by molar-refractivity contribution is -0.890. The second kappa shape index (κ2) is 4.57. The predicted molar refractivity (Wildman–Crippen MR) is 61.8 cm³/mol. The molecule has 0 bridgehead atoms. The molecule has 1 fully saturated rings. The first-order chi connectivity index (χ1) is 8.15. The molecular weight excluding hydrogens is 222 g/mol. The fourth-order valence-electron chi connectivity index (χ4n) is 1.70. The Kier molecular flexibility index (Phi) is 3.12. The van der Waals surface area contributed by atoms with Crippen molar-refractivity contribution < 1.29 is 14.5 Å². The first-order valence-corrected chi connectivity index (χ1v) is 5.69. The summed E-state index contributed by atoms with van der Waals surface area (Å²) in [6.07, 6.45) is 4.47. The van der Waals surface area contributed by atoms with E-state index in [-0.39, 0.29) is 10.6 Å². The molecule has 1 aromatic heterocycles. The van der Waals surface area contributed by atoms with Gasteiger partial charge in [-0.2, -0.15) is 0 Å². The summed E-state index contributed by atoms with van der Waals surface area (Å²) in [4.78, 5) is 15.8. The fraction of sp³-hybridized carbons (Fsp3) is 0.545. The smallest absolute Gasteiger partial charge is 0.305 e. The molecule has 1 aromatic rings. The highest BCUT2D eigenvalue weighted by molar-refractivity contribution is 5.60. The number of anilines is 1. The lowest BCUT2D eigenvalue weighted by Crippen LogP contribution is -2.44. The number of aryl methyl sites for hydroxylation is 1. The quantitative estimate of drug-likeness (QED) is 0.473. The van der Waals surface area contributed by atoms with Gasteiger partial charge in [0.1, 0.15) is 7.11 Å². The van der Waals surface area contributed by atoms with Crippen molar-refractivity contribution in [2.45, 2.75) is 32.2 Å². The number of nitro groups is 1. The summed E-state index contributed by atoms with van der Waals surface area (Å²) >= 11 is 0. The van der Waals surface area contributed by atoms with Crippen LogP contribution in [-0.2, 0) is 6.42 Å². The fourth-order valence-corrected chi connectivity index (χ4v) is 1.70. The van der Waals surface area contributed by atoms with Crippen LogP contribution in [-0.4, -0.2) is 18.1 Å². The first kappa shape index (κ1) is 11.6. The van der Waals surface area contributed by atoms with Crippen LogP contribution in [0.15, 0.2) is 12.3 Å². The highest BCUT2D eigenvalue weighted by atomic mass is 16.6. The summed E-state index contributed by atoms with van der Waals surface area (Å²) in [5, 5.41) is 14.2. The zero-order valence-corrected chi connectivity index (χ0v) is 9.97. The van der Waals surface area contributed by atoms with E-state index in [2.05, 4.69) is 5.32 Å². The van der Waals surface area contributed by atoms with E-state index in [1.165, 1.54) is 0 Å². The van der Waals surface area contributed by atoms with Crippen LogP contribution >= 0.6 is 0 Å². The Bertz CT molecular complexity index is 444.